The van der Waals surface area contributed by atoms with Gasteiger partial charge in [0, 0.05) is 19.3 Å². The monoisotopic (exact) mass is 904 g/mol. The molecule has 4 rings (SSSR count). The first kappa shape index (κ1) is 34.8. The number of benzene rings is 3. The maximum atomic E-state index is 12.5. The van der Waals surface area contributed by atoms with E-state index in [-0.39, 0.29) is 12.2 Å². The summed E-state index contributed by atoms with van der Waals surface area (Å²) in [6.45, 7) is 4.03. The van der Waals surface area contributed by atoms with Gasteiger partial charge in [0.05, 0.1) is 35.1 Å². The third kappa shape index (κ3) is 9.46. The van der Waals surface area contributed by atoms with E-state index < -0.39 is 24.3 Å². The highest BCUT2D eigenvalue weighted by Gasteiger charge is 2.32. The lowest BCUT2D eigenvalue weighted by Crippen LogP contribution is -2.45. The topological polar surface area (TPSA) is 140 Å². The van der Waals surface area contributed by atoms with Gasteiger partial charge in [-0.05, 0) is 107 Å². The second kappa shape index (κ2) is 16.5. The largest absolute Gasteiger partial charge is 0.490 e. The Balaban J connectivity index is 1.42. The number of rotatable bonds is 13. The number of aliphatic hydroxyl groups is 1. The van der Waals surface area contributed by atoms with Gasteiger partial charge in [0.15, 0.2) is 17.7 Å². The minimum Gasteiger partial charge on any atom is -0.490 e. The van der Waals surface area contributed by atoms with E-state index in [0.29, 0.717) is 41.7 Å². The van der Waals surface area contributed by atoms with Crippen LogP contribution in [0.15, 0.2) is 75.4 Å². The van der Waals surface area contributed by atoms with E-state index >= 15 is 0 Å². The second-order valence-corrected chi connectivity index (χ2v) is 13.0. The molecule has 4 N–H and O–H groups in total. The van der Waals surface area contributed by atoms with E-state index in [0.717, 1.165) is 22.7 Å². The highest BCUT2D eigenvalue weighted by molar-refractivity contribution is 14.1. The summed E-state index contributed by atoms with van der Waals surface area (Å²) in [7, 11) is 1.28. The minimum atomic E-state index is -1.15. The van der Waals surface area contributed by atoms with Crippen molar-refractivity contribution in [2.75, 3.05) is 20.3 Å². The standard InChI is InChI=1S/C31H31BrI2N4O7/c1-4-43-25-12-19(28-27(30(40)42-3)17(2)36-31(41)37-28)7-10-24(25)44-16-26(39)38-35-14-20-11-22(33)13-23(34)29(20)45-15-18-5-8-21(32)9-6-18/h5-14,26,28,38-39H,4,15-16H2,1-3H3,(H2,36,37,41)/b35-14+/t26-,28-/m1/s1. The zero-order valence-corrected chi connectivity index (χ0v) is 30.4. The van der Waals surface area contributed by atoms with Crippen LogP contribution in [0.2, 0.25) is 0 Å². The molecule has 11 nitrogen and oxygen atoms in total. The lowest BCUT2D eigenvalue weighted by atomic mass is 9.95. The van der Waals surface area contributed by atoms with Crippen molar-refractivity contribution in [3.63, 3.8) is 0 Å². The molecule has 3 aromatic rings. The fourth-order valence-electron chi connectivity index (χ4n) is 4.38. The lowest BCUT2D eigenvalue weighted by molar-refractivity contribution is -0.136. The number of carbonyl (C=O) groups excluding carboxylic acids is 2. The molecular weight excluding hydrogens is 874 g/mol. The molecule has 0 spiro atoms. The van der Waals surface area contributed by atoms with Gasteiger partial charge in [-0.2, -0.15) is 5.10 Å². The molecule has 1 aliphatic heterocycles. The Kier molecular flexibility index (Phi) is 12.7. The summed E-state index contributed by atoms with van der Waals surface area (Å²) >= 11 is 7.91. The van der Waals surface area contributed by atoms with Crippen LogP contribution in [0.4, 0.5) is 4.79 Å². The minimum absolute atomic E-state index is 0.149. The van der Waals surface area contributed by atoms with Gasteiger partial charge in [0.25, 0.3) is 0 Å². The first-order valence-electron chi connectivity index (χ1n) is 13.7. The molecule has 0 aliphatic carbocycles. The number of methoxy groups -OCH3 is 1. The van der Waals surface area contributed by atoms with E-state index in [2.05, 4.69) is 82.3 Å². The number of urea groups is 1. The van der Waals surface area contributed by atoms with Gasteiger partial charge in [-0.25, -0.2) is 9.59 Å². The van der Waals surface area contributed by atoms with Crippen molar-refractivity contribution in [3.8, 4) is 17.2 Å². The van der Waals surface area contributed by atoms with E-state index in [9.17, 15) is 14.7 Å². The van der Waals surface area contributed by atoms with Gasteiger partial charge in [-0.3, -0.25) is 5.43 Å². The molecule has 0 bridgehead atoms. The number of carbonyl (C=O) groups is 2. The van der Waals surface area contributed by atoms with Gasteiger partial charge >= 0.3 is 12.0 Å². The predicted molar refractivity (Wildman–Crippen MR) is 189 cm³/mol. The second-order valence-electron chi connectivity index (χ2n) is 9.64. The number of hydrazone groups is 1. The van der Waals surface area contributed by atoms with E-state index in [1.807, 2.05) is 43.3 Å². The molecule has 0 saturated heterocycles. The molecule has 0 radical (unpaired) electrons. The molecule has 14 heteroatoms. The molecule has 0 saturated carbocycles. The quantitative estimate of drug-likeness (QED) is 0.0559. The van der Waals surface area contributed by atoms with E-state index in [4.69, 9.17) is 18.9 Å². The Hall–Kier alpha value is -3.09. The number of nitrogens with zero attached hydrogens (tertiary/aromatic N) is 1. The summed E-state index contributed by atoms with van der Waals surface area (Å²) in [6.07, 6.45) is 0.441. The lowest BCUT2D eigenvalue weighted by Gasteiger charge is -2.28. The van der Waals surface area contributed by atoms with Crippen LogP contribution >= 0.6 is 61.1 Å². The number of nitrogens with one attached hydrogen (secondary N) is 3. The Morgan fingerprint density at radius 1 is 1.11 bits per heavy atom. The van der Waals surface area contributed by atoms with Crippen molar-refractivity contribution in [3.05, 3.63) is 94.2 Å². The average Bonchev–Trinajstić information content (AvgIpc) is 3.00. The zero-order chi connectivity index (χ0) is 32.5. The van der Waals surface area contributed by atoms with Crippen LogP contribution in [0.5, 0.6) is 17.2 Å². The maximum absolute atomic E-state index is 12.5. The third-order valence-corrected chi connectivity index (χ3v) is 8.39. The number of allylic oxidation sites excluding steroid dienone is 1. The molecule has 2 amide bonds. The summed E-state index contributed by atoms with van der Waals surface area (Å²) in [5.41, 5.74) is 5.71. The maximum Gasteiger partial charge on any atom is 0.337 e. The zero-order valence-electron chi connectivity index (χ0n) is 24.5. The van der Waals surface area contributed by atoms with Crippen LogP contribution in [0.1, 0.15) is 36.6 Å². The van der Waals surface area contributed by atoms with E-state index in [1.54, 1.807) is 31.3 Å². The molecule has 3 aromatic carbocycles. The highest BCUT2D eigenvalue weighted by atomic mass is 127. The Morgan fingerprint density at radius 3 is 2.58 bits per heavy atom. The molecule has 1 aliphatic rings. The summed E-state index contributed by atoms with van der Waals surface area (Å²) in [5.74, 6) is 0.853. The fourth-order valence-corrected chi connectivity index (χ4v) is 6.69. The van der Waals surface area contributed by atoms with Gasteiger partial charge in [-0.15, -0.1) is 0 Å². The van der Waals surface area contributed by atoms with Gasteiger partial charge in [0.2, 0.25) is 0 Å². The highest BCUT2D eigenvalue weighted by Crippen LogP contribution is 2.35. The summed E-state index contributed by atoms with van der Waals surface area (Å²) in [6, 6.07) is 15.7. The Bertz CT molecular complexity index is 1600. The first-order valence-corrected chi connectivity index (χ1v) is 16.6. The fraction of sp³-hybridized carbons (Fsp3) is 0.258. The van der Waals surface area contributed by atoms with Crippen molar-refractivity contribution in [2.24, 2.45) is 5.10 Å². The first-order chi connectivity index (χ1) is 21.6. The number of hydrogen-bond acceptors (Lipinski definition) is 9. The molecule has 0 aromatic heterocycles. The molecule has 45 heavy (non-hydrogen) atoms. The van der Waals surface area contributed by atoms with Crippen LogP contribution in [-0.4, -0.2) is 49.9 Å². The number of halogens is 3. The number of amides is 2. The van der Waals surface area contributed by atoms with Crippen LogP contribution < -0.4 is 30.3 Å². The van der Waals surface area contributed by atoms with Gasteiger partial charge in [0.1, 0.15) is 19.0 Å². The van der Waals surface area contributed by atoms with Gasteiger partial charge in [-0.1, -0.05) is 34.1 Å². The summed E-state index contributed by atoms with van der Waals surface area (Å²) < 4.78 is 25.6. The predicted octanol–water partition coefficient (Wildman–Crippen LogP) is 5.76. The number of aliphatic hydroxyl groups excluding tert-OH is 1. The van der Waals surface area contributed by atoms with Crippen molar-refractivity contribution < 1.29 is 33.6 Å². The van der Waals surface area contributed by atoms with Crippen LogP contribution in [0.25, 0.3) is 0 Å². The van der Waals surface area contributed by atoms with Crippen LogP contribution in [-0.2, 0) is 16.1 Å². The number of hydrogen-bond donors (Lipinski definition) is 4. The van der Waals surface area contributed by atoms with Crippen molar-refractivity contribution in [1.29, 1.82) is 0 Å². The smallest absolute Gasteiger partial charge is 0.337 e. The van der Waals surface area contributed by atoms with Crippen molar-refractivity contribution in [2.45, 2.75) is 32.7 Å². The molecule has 2 atom stereocenters. The molecule has 0 fully saturated rings. The average molecular weight is 905 g/mol. The SMILES string of the molecule is CCOc1cc([C@H]2NC(=O)NC(C)=C2C(=O)OC)ccc1OC[C@@H](O)N/N=C/c1cc(I)cc(I)c1OCc1ccc(Br)cc1. The number of esters is 1. The van der Waals surface area contributed by atoms with Crippen LogP contribution in [0.3, 0.4) is 0 Å². The Labute approximate surface area is 296 Å². The van der Waals surface area contributed by atoms with Crippen molar-refractivity contribution in [1.82, 2.24) is 16.1 Å². The summed E-state index contributed by atoms with van der Waals surface area (Å²) in [5, 5.41) is 20.1. The van der Waals surface area contributed by atoms with Crippen molar-refractivity contribution >= 4 is 79.3 Å². The van der Waals surface area contributed by atoms with Crippen LogP contribution in [0, 0.1) is 7.14 Å². The molecule has 0 unspecified atom stereocenters. The third-order valence-electron chi connectivity index (χ3n) is 6.43. The molecule has 238 valence electrons. The normalized spacial score (nSPS) is 15.3. The number of ether oxygens (including phenoxy) is 4. The molecular formula is C31H31BrI2N4O7. The Morgan fingerprint density at radius 2 is 1.87 bits per heavy atom. The van der Waals surface area contributed by atoms with Gasteiger partial charge < -0.3 is 34.7 Å². The van der Waals surface area contributed by atoms with E-state index in [1.165, 1.54) is 7.11 Å². The molecule has 1 heterocycles. The summed E-state index contributed by atoms with van der Waals surface area (Å²) in [4.78, 5) is 24.6.